The van der Waals surface area contributed by atoms with Crippen molar-refractivity contribution in [1.29, 1.82) is 0 Å². The summed E-state index contributed by atoms with van der Waals surface area (Å²) in [6, 6.07) is 0. The molecule has 0 unspecified atom stereocenters. The van der Waals surface area contributed by atoms with E-state index in [0.717, 1.165) is 0 Å². The summed E-state index contributed by atoms with van der Waals surface area (Å²) in [5.74, 6) is 0. The molecular weight excluding hydrogens is 345 g/mol. The van der Waals surface area contributed by atoms with Gasteiger partial charge in [-0.1, -0.05) is 0 Å². The van der Waals surface area contributed by atoms with Gasteiger partial charge in [-0.3, -0.25) is 4.79 Å². The third kappa shape index (κ3) is 7.71. The average molecular weight is 352 g/mol. The zero-order chi connectivity index (χ0) is 16.9. The van der Waals surface area contributed by atoms with Crippen molar-refractivity contribution >= 4 is 13.9 Å². The minimum Gasteiger partial charge on any atom is -0.350 e. The van der Waals surface area contributed by atoms with Gasteiger partial charge in [-0.2, -0.15) is 26.3 Å². The molecule has 126 valence electrons. The number of aliphatic hydroxyl groups is 2. The summed E-state index contributed by atoms with van der Waals surface area (Å²) in [6.45, 7) is -4.48. The molecule has 8 nitrogen and oxygen atoms in total. The Morgan fingerprint density at radius 2 is 1.24 bits per heavy atom. The van der Waals surface area contributed by atoms with Crippen molar-refractivity contribution in [2.45, 2.75) is 17.9 Å². The van der Waals surface area contributed by atoms with Crippen LogP contribution in [-0.2, 0) is 28.5 Å². The van der Waals surface area contributed by atoms with Gasteiger partial charge in [-0.25, -0.2) is 14.3 Å². The lowest BCUT2D eigenvalue weighted by Gasteiger charge is -2.23. The van der Waals surface area contributed by atoms with Gasteiger partial charge in [-0.05, 0) is 0 Å². The summed E-state index contributed by atoms with van der Waals surface area (Å²) >= 11 is 0. The van der Waals surface area contributed by atoms with Gasteiger partial charge in [0.25, 0.3) is 0 Å². The molecule has 0 spiro atoms. The first kappa shape index (κ1) is 20.2. The fourth-order valence-electron chi connectivity index (χ4n) is 0.512. The number of hydrogen-bond donors (Lipinski definition) is 2. The second-order valence-electron chi connectivity index (χ2n) is 3.21. The van der Waals surface area contributed by atoms with Crippen molar-refractivity contribution in [3.8, 4) is 0 Å². The molecule has 0 heterocycles. The molecule has 0 aliphatic rings. The predicted molar refractivity (Wildman–Crippen MR) is 47.0 cm³/mol. The molecule has 0 atom stereocenters. The lowest BCUT2D eigenvalue weighted by Crippen LogP contribution is -2.33. The van der Waals surface area contributed by atoms with E-state index in [1.807, 2.05) is 0 Å². The van der Waals surface area contributed by atoms with Gasteiger partial charge in [0, 0.05) is 0 Å². The summed E-state index contributed by atoms with van der Waals surface area (Å²) in [7, 11) is -5.80. The summed E-state index contributed by atoms with van der Waals surface area (Å²) < 4.78 is 88.5. The Bertz CT molecular complexity index is 368. The summed E-state index contributed by atoms with van der Waals surface area (Å²) in [4.78, 5) is 16.8. The van der Waals surface area contributed by atoms with E-state index in [9.17, 15) is 35.7 Å². The van der Waals surface area contributed by atoms with E-state index in [4.69, 9.17) is 10.2 Å². The van der Waals surface area contributed by atoms with Crippen LogP contribution in [-0.4, -0.2) is 47.6 Å². The fourth-order valence-corrected chi connectivity index (χ4v) is 1.27. The molecule has 0 saturated carbocycles. The Kier molecular flexibility index (Phi) is 6.75. The van der Waals surface area contributed by atoms with E-state index in [1.54, 1.807) is 0 Å². The maximum absolute atomic E-state index is 11.7. The molecule has 15 heteroatoms. The first-order chi connectivity index (χ1) is 9.22. The topological polar surface area (TPSA) is 112 Å². The van der Waals surface area contributed by atoms with Crippen LogP contribution >= 0.6 is 7.60 Å². The highest BCUT2D eigenvalue weighted by Crippen LogP contribution is 2.57. The standard InChI is InChI=1S/C6H7F6O8P/c7-4(8,9)2-17-19-21(16,6(14,15)1-13)20-18-3-5(10,11)12/h1,14-15H,2-3H2. The van der Waals surface area contributed by atoms with Crippen molar-refractivity contribution in [2.24, 2.45) is 0 Å². The number of alkyl halides is 6. The van der Waals surface area contributed by atoms with Crippen LogP contribution in [0.1, 0.15) is 0 Å². The number of halogens is 6. The van der Waals surface area contributed by atoms with Crippen LogP contribution in [0, 0.1) is 0 Å². The van der Waals surface area contributed by atoms with E-state index in [1.165, 1.54) is 0 Å². The van der Waals surface area contributed by atoms with Crippen LogP contribution in [0.3, 0.4) is 0 Å². The predicted octanol–water partition coefficient (Wildman–Crippen LogP) is 1.04. The molecule has 0 bridgehead atoms. The lowest BCUT2D eigenvalue weighted by atomic mass is 10.7. The maximum Gasteiger partial charge on any atom is 0.450 e. The molecule has 0 aromatic heterocycles. The third-order valence-corrected chi connectivity index (χ3v) is 2.82. The Morgan fingerprint density at radius 3 is 1.48 bits per heavy atom. The smallest absolute Gasteiger partial charge is 0.350 e. The molecule has 0 aliphatic carbocycles. The van der Waals surface area contributed by atoms with Crippen LogP contribution in [0.15, 0.2) is 0 Å². The van der Waals surface area contributed by atoms with Crippen LogP contribution in [0.4, 0.5) is 26.3 Å². The Hall–Kier alpha value is -0.760. The number of hydrogen-bond acceptors (Lipinski definition) is 8. The van der Waals surface area contributed by atoms with Gasteiger partial charge in [0.05, 0.1) is 0 Å². The molecule has 0 amide bonds. The highest BCUT2D eigenvalue weighted by Gasteiger charge is 2.53. The van der Waals surface area contributed by atoms with Crippen LogP contribution in [0.5, 0.6) is 0 Å². The number of rotatable bonds is 8. The Morgan fingerprint density at radius 1 is 0.905 bits per heavy atom. The lowest BCUT2D eigenvalue weighted by molar-refractivity contribution is -0.330. The average Bonchev–Trinajstić information content (AvgIpc) is 2.25. The van der Waals surface area contributed by atoms with Gasteiger partial charge < -0.3 is 10.2 Å². The zero-order valence-corrected chi connectivity index (χ0v) is 10.4. The monoisotopic (exact) mass is 352 g/mol. The van der Waals surface area contributed by atoms with Crippen LogP contribution in [0.2, 0.25) is 0 Å². The van der Waals surface area contributed by atoms with Crippen molar-refractivity contribution < 1.29 is 65.0 Å². The minimum atomic E-state index is -5.80. The first-order valence-electron chi connectivity index (χ1n) is 4.49. The summed E-state index contributed by atoms with van der Waals surface area (Å²) in [5.41, 5.74) is -4.11. The number of carbonyl (C=O) groups excluding carboxylic acids is 1. The van der Waals surface area contributed by atoms with Gasteiger partial charge in [0.15, 0.2) is 19.5 Å². The number of aldehydes is 1. The number of carbonyl (C=O) groups is 1. The Labute approximate surface area is 111 Å². The molecule has 21 heavy (non-hydrogen) atoms. The van der Waals surface area contributed by atoms with Crippen molar-refractivity contribution in [3.63, 3.8) is 0 Å². The summed E-state index contributed by atoms with van der Waals surface area (Å²) in [5, 5.41) is 17.7. The summed E-state index contributed by atoms with van der Waals surface area (Å²) in [6.07, 6.45) is -11.0. The largest absolute Gasteiger partial charge is 0.450 e. The van der Waals surface area contributed by atoms with E-state index >= 15 is 0 Å². The van der Waals surface area contributed by atoms with Gasteiger partial charge in [0.1, 0.15) is 0 Å². The van der Waals surface area contributed by atoms with E-state index in [-0.39, 0.29) is 0 Å². The molecule has 0 aliphatic heterocycles. The molecule has 0 aromatic rings. The van der Waals surface area contributed by atoms with Gasteiger partial charge >= 0.3 is 25.5 Å². The molecule has 0 saturated heterocycles. The third-order valence-electron chi connectivity index (χ3n) is 1.31. The Balaban J connectivity index is 4.80. The molecule has 0 rings (SSSR count). The molecule has 0 radical (unpaired) electrons. The maximum atomic E-state index is 11.7. The zero-order valence-electron chi connectivity index (χ0n) is 9.55. The van der Waals surface area contributed by atoms with Crippen molar-refractivity contribution in [3.05, 3.63) is 0 Å². The van der Waals surface area contributed by atoms with Crippen molar-refractivity contribution in [1.82, 2.24) is 0 Å². The van der Waals surface area contributed by atoms with Gasteiger partial charge in [-0.15, -0.1) is 9.35 Å². The molecule has 0 fully saturated rings. The highest BCUT2D eigenvalue weighted by molar-refractivity contribution is 7.55. The van der Waals surface area contributed by atoms with Crippen LogP contribution in [0.25, 0.3) is 0 Å². The van der Waals surface area contributed by atoms with E-state index in [2.05, 4.69) is 19.1 Å². The van der Waals surface area contributed by atoms with Crippen LogP contribution < -0.4 is 0 Å². The SMILES string of the molecule is O=CC(O)(O)P(=O)(OOCC(F)(F)F)OOCC(F)(F)F. The van der Waals surface area contributed by atoms with E-state index in [0.29, 0.717) is 0 Å². The highest BCUT2D eigenvalue weighted by atomic mass is 31.2. The molecular formula is C6H7F6O8P. The van der Waals surface area contributed by atoms with E-state index < -0.39 is 45.0 Å². The first-order valence-corrected chi connectivity index (χ1v) is 6.04. The van der Waals surface area contributed by atoms with Gasteiger partial charge in [0.2, 0.25) is 0 Å². The second-order valence-corrected chi connectivity index (χ2v) is 5.16. The normalized spacial score (nSPS) is 14.3. The minimum absolute atomic E-state index is 0.943. The molecule has 0 aromatic carbocycles. The van der Waals surface area contributed by atoms with Crippen molar-refractivity contribution in [2.75, 3.05) is 13.2 Å². The quantitative estimate of drug-likeness (QED) is 0.166. The molecule has 2 N–H and O–H groups in total. The fraction of sp³-hybridized carbons (Fsp3) is 0.833. The second kappa shape index (κ2) is 7.00.